The Labute approximate surface area is 151 Å². The number of benzene rings is 1. The van der Waals surface area contributed by atoms with E-state index in [-0.39, 0.29) is 30.8 Å². The van der Waals surface area contributed by atoms with Crippen molar-refractivity contribution in [3.05, 3.63) is 42.5 Å². The van der Waals surface area contributed by atoms with E-state index in [9.17, 15) is 19.2 Å². The monoisotopic (exact) mass is 358 g/mol. The maximum atomic E-state index is 12.2. The quantitative estimate of drug-likeness (QED) is 0.583. The molecule has 0 aromatic heterocycles. The van der Waals surface area contributed by atoms with Gasteiger partial charge in [0, 0.05) is 31.4 Å². The Balaban J connectivity index is 1.90. The van der Waals surface area contributed by atoms with Crippen molar-refractivity contribution in [2.45, 2.75) is 19.4 Å². The fourth-order valence-corrected chi connectivity index (χ4v) is 2.50. The topological polar surface area (TPSA) is 98.8 Å². The van der Waals surface area contributed by atoms with Gasteiger partial charge in [-0.3, -0.25) is 19.3 Å². The molecule has 1 saturated heterocycles. The van der Waals surface area contributed by atoms with Crippen LogP contribution in [0.1, 0.15) is 24.2 Å². The molecule has 0 spiro atoms. The molecule has 8 nitrogen and oxygen atoms in total. The second-order valence-electron chi connectivity index (χ2n) is 6.42. The van der Waals surface area contributed by atoms with Gasteiger partial charge in [-0.1, -0.05) is 6.58 Å². The molecule has 0 atom stereocenters. The zero-order valence-corrected chi connectivity index (χ0v) is 15.0. The summed E-state index contributed by atoms with van der Waals surface area (Å²) in [4.78, 5) is 50.0. The zero-order valence-electron chi connectivity index (χ0n) is 15.0. The van der Waals surface area contributed by atoms with Crippen LogP contribution in [0.15, 0.2) is 36.9 Å². The largest absolute Gasteiger partial charge is 0.350 e. The average Bonchev–Trinajstić information content (AvgIpc) is 2.81. The van der Waals surface area contributed by atoms with E-state index in [0.29, 0.717) is 11.3 Å². The number of nitrogens with zero attached hydrogens (tertiary/aromatic N) is 2. The highest BCUT2D eigenvalue weighted by atomic mass is 16.2. The highest BCUT2D eigenvalue weighted by Gasteiger charge is 2.43. The van der Waals surface area contributed by atoms with Crippen molar-refractivity contribution in [2.24, 2.45) is 0 Å². The Bertz CT molecular complexity index is 755. The van der Waals surface area contributed by atoms with Crippen LogP contribution in [0.2, 0.25) is 0 Å². The summed E-state index contributed by atoms with van der Waals surface area (Å²) >= 11 is 0. The van der Waals surface area contributed by atoms with Gasteiger partial charge in [-0.25, -0.2) is 4.79 Å². The molecule has 0 bridgehead atoms. The molecule has 1 aromatic carbocycles. The van der Waals surface area contributed by atoms with E-state index in [2.05, 4.69) is 17.2 Å². The molecule has 26 heavy (non-hydrogen) atoms. The van der Waals surface area contributed by atoms with Crippen LogP contribution in [0.4, 0.5) is 10.5 Å². The predicted molar refractivity (Wildman–Crippen MR) is 96.7 cm³/mol. The van der Waals surface area contributed by atoms with Crippen molar-refractivity contribution in [3.63, 3.8) is 0 Å². The molecule has 138 valence electrons. The third-order valence-electron chi connectivity index (χ3n) is 4.09. The van der Waals surface area contributed by atoms with Gasteiger partial charge in [0.15, 0.2) is 0 Å². The van der Waals surface area contributed by atoms with Crippen LogP contribution in [-0.2, 0) is 9.59 Å². The number of carbonyl (C=O) groups is 4. The molecule has 1 heterocycles. The Morgan fingerprint density at radius 1 is 1.27 bits per heavy atom. The zero-order chi connectivity index (χ0) is 19.5. The van der Waals surface area contributed by atoms with Crippen molar-refractivity contribution in [1.29, 1.82) is 0 Å². The van der Waals surface area contributed by atoms with E-state index < -0.39 is 11.6 Å². The van der Waals surface area contributed by atoms with Crippen LogP contribution in [0.25, 0.3) is 0 Å². The number of rotatable bonds is 6. The minimum Gasteiger partial charge on any atom is -0.350 e. The minimum absolute atomic E-state index is 0.0918. The molecule has 0 radical (unpaired) electrons. The molecular formula is C18H22N4O4. The third-order valence-corrected chi connectivity index (χ3v) is 4.09. The Morgan fingerprint density at radius 3 is 2.38 bits per heavy atom. The molecule has 1 aromatic rings. The number of hydrogen-bond donors (Lipinski definition) is 2. The highest BCUT2D eigenvalue weighted by Crippen LogP contribution is 2.16. The van der Waals surface area contributed by atoms with Gasteiger partial charge in [0.2, 0.25) is 5.91 Å². The summed E-state index contributed by atoms with van der Waals surface area (Å²) in [5.74, 6) is -0.907. The Kier molecular flexibility index (Phi) is 5.44. The van der Waals surface area contributed by atoms with Gasteiger partial charge < -0.3 is 15.5 Å². The first-order chi connectivity index (χ1) is 12.2. The van der Waals surface area contributed by atoms with Crippen LogP contribution < -0.4 is 15.5 Å². The molecule has 1 fully saturated rings. The summed E-state index contributed by atoms with van der Waals surface area (Å²) < 4.78 is 0. The van der Waals surface area contributed by atoms with Crippen LogP contribution in [0.3, 0.4) is 0 Å². The highest BCUT2D eigenvalue weighted by molar-refractivity contribution is 6.06. The van der Waals surface area contributed by atoms with Crippen LogP contribution in [0.5, 0.6) is 0 Å². The fraction of sp³-hybridized carbons (Fsp3) is 0.333. The van der Waals surface area contributed by atoms with E-state index in [0.717, 1.165) is 4.90 Å². The van der Waals surface area contributed by atoms with Gasteiger partial charge >= 0.3 is 6.03 Å². The predicted octanol–water partition coefficient (Wildman–Crippen LogP) is 0.896. The van der Waals surface area contributed by atoms with E-state index in [1.54, 1.807) is 45.2 Å². The van der Waals surface area contributed by atoms with Gasteiger partial charge in [0.25, 0.3) is 11.8 Å². The van der Waals surface area contributed by atoms with Gasteiger partial charge in [-0.05, 0) is 44.2 Å². The Hall–Kier alpha value is -3.16. The van der Waals surface area contributed by atoms with Crippen molar-refractivity contribution in [1.82, 2.24) is 15.5 Å². The maximum Gasteiger partial charge on any atom is 0.325 e. The second kappa shape index (κ2) is 7.38. The normalized spacial score (nSPS) is 15.4. The van der Waals surface area contributed by atoms with Crippen molar-refractivity contribution in [2.75, 3.05) is 25.0 Å². The lowest BCUT2D eigenvalue weighted by Gasteiger charge is -2.17. The van der Waals surface area contributed by atoms with Crippen molar-refractivity contribution in [3.8, 4) is 0 Å². The molecule has 0 aliphatic carbocycles. The standard InChI is InChI=1S/C18H22N4O4/c1-5-14(23)21(4)13-8-6-12(7-9-13)15(24)19-10-11-22-16(25)18(2,3)20-17(22)26/h5-9H,1,10-11H2,2-4H3,(H,19,24)(H,20,26). The van der Waals surface area contributed by atoms with Gasteiger partial charge in [0.1, 0.15) is 5.54 Å². The van der Waals surface area contributed by atoms with E-state index in [4.69, 9.17) is 0 Å². The molecule has 0 saturated carbocycles. The summed E-state index contributed by atoms with van der Waals surface area (Å²) in [5, 5.41) is 5.25. The Morgan fingerprint density at radius 2 is 1.88 bits per heavy atom. The first-order valence-electron chi connectivity index (χ1n) is 8.10. The molecule has 5 amide bonds. The number of carbonyl (C=O) groups excluding carboxylic acids is 4. The lowest BCUT2D eigenvalue weighted by atomic mass is 10.1. The smallest absolute Gasteiger partial charge is 0.325 e. The summed E-state index contributed by atoms with van der Waals surface area (Å²) in [6.45, 7) is 6.92. The van der Waals surface area contributed by atoms with Gasteiger partial charge in [0.05, 0.1) is 0 Å². The average molecular weight is 358 g/mol. The number of amides is 5. The van der Waals surface area contributed by atoms with Gasteiger partial charge in [-0.2, -0.15) is 0 Å². The lowest BCUT2D eigenvalue weighted by molar-refractivity contribution is -0.130. The fourth-order valence-electron chi connectivity index (χ4n) is 2.50. The van der Waals surface area contributed by atoms with Crippen LogP contribution >= 0.6 is 0 Å². The SMILES string of the molecule is C=CC(=O)N(C)c1ccc(C(=O)NCCN2C(=O)NC(C)(C)C2=O)cc1. The van der Waals surface area contributed by atoms with Gasteiger partial charge in [-0.15, -0.1) is 0 Å². The van der Waals surface area contributed by atoms with E-state index in [1.807, 2.05) is 0 Å². The minimum atomic E-state index is -0.925. The lowest BCUT2D eigenvalue weighted by Crippen LogP contribution is -2.41. The molecule has 2 rings (SSSR count). The number of nitrogens with one attached hydrogen (secondary N) is 2. The summed E-state index contributed by atoms with van der Waals surface area (Å²) in [7, 11) is 1.61. The summed E-state index contributed by atoms with van der Waals surface area (Å²) in [6, 6.07) is 6.02. The number of imide groups is 1. The molecule has 0 unspecified atom stereocenters. The van der Waals surface area contributed by atoms with E-state index in [1.165, 1.54) is 11.0 Å². The molecule has 8 heteroatoms. The van der Waals surface area contributed by atoms with E-state index >= 15 is 0 Å². The van der Waals surface area contributed by atoms with Crippen molar-refractivity contribution < 1.29 is 19.2 Å². The summed E-state index contributed by atoms with van der Waals surface area (Å²) in [6.07, 6.45) is 1.21. The third kappa shape index (κ3) is 3.90. The van der Waals surface area contributed by atoms with Crippen LogP contribution in [-0.4, -0.2) is 54.3 Å². The van der Waals surface area contributed by atoms with Crippen LogP contribution in [0, 0.1) is 0 Å². The van der Waals surface area contributed by atoms with Crippen molar-refractivity contribution >= 4 is 29.4 Å². The number of hydrogen-bond acceptors (Lipinski definition) is 4. The molecule has 1 aliphatic heterocycles. The molecule has 2 N–H and O–H groups in total. The maximum absolute atomic E-state index is 12.2. The second-order valence-corrected chi connectivity index (χ2v) is 6.42. The molecule has 1 aliphatic rings. The first-order valence-corrected chi connectivity index (χ1v) is 8.10. The number of anilines is 1. The molecular weight excluding hydrogens is 336 g/mol. The number of likely N-dealkylation sites (N-methyl/N-ethyl adjacent to an activating group) is 1. The summed E-state index contributed by atoms with van der Waals surface area (Å²) in [5.41, 5.74) is 0.116. The number of urea groups is 1. The first kappa shape index (κ1) is 19.2.